The van der Waals surface area contributed by atoms with Crippen molar-refractivity contribution in [1.82, 2.24) is 15.5 Å². The predicted molar refractivity (Wildman–Crippen MR) is 106 cm³/mol. The van der Waals surface area contributed by atoms with Crippen LogP contribution in [0.2, 0.25) is 10.0 Å². The normalized spacial score (nSPS) is 20.6. The number of rotatable bonds is 8. The maximum atomic E-state index is 12.9. The largest absolute Gasteiger partial charge is 0.352 e. The second kappa shape index (κ2) is 8.93. The lowest BCUT2D eigenvalue weighted by Crippen LogP contribution is -2.45. The Kier molecular flexibility index (Phi) is 7.12. The lowest BCUT2D eigenvalue weighted by molar-refractivity contribution is -0.135. The molecule has 8 heteroatoms. The van der Waals surface area contributed by atoms with Gasteiger partial charge in [-0.3, -0.25) is 14.5 Å². The molecule has 1 fully saturated rings. The molecular weight excluding hydrogens is 389 g/mol. The van der Waals surface area contributed by atoms with Crippen LogP contribution in [0.1, 0.15) is 52.0 Å². The first-order valence-electron chi connectivity index (χ1n) is 9.08. The van der Waals surface area contributed by atoms with E-state index in [4.69, 9.17) is 23.2 Å². The van der Waals surface area contributed by atoms with Gasteiger partial charge in [0.1, 0.15) is 12.1 Å². The van der Waals surface area contributed by atoms with Gasteiger partial charge in [-0.2, -0.15) is 0 Å². The molecule has 1 aliphatic heterocycles. The molecule has 0 bridgehead atoms. The van der Waals surface area contributed by atoms with Crippen LogP contribution in [0.15, 0.2) is 18.2 Å². The molecule has 2 atom stereocenters. The third-order valence-electron chi connectivity index (χ3n) is 4.69. The zero-order chi connectivity index (χ0) is 20.2. The van der Waals surface area contributed by atoms with E-state index in [2.05, 4.69) is 17.6 Å². The van der Waals surface area contributed by atoms with Gasteiger partial charge in [0.05, 0.1) is 0 Å². The van der Waals surface area contributed by atoms with E-state index in [1.165, 1.54) is 6.07 Å². The Morgan fingerprint density at radius 3 is 2.63 bits per heavy atom. The summed E-state index contributed by atoms with van der Waals surface area (Å²) in [6, 6.07) is 4.07. The van der Waals surface area contributed by atoms with Crippen LogP contribution in [0.5, 0.6) is 0 Å². The van der Waals surface area contributed by atoms with E-state index in [1.54, 1.807) is 19.1 Å². The fourth-order valence-electron chi connectivity index (χ4n) is 3.15. The third kappa shape index (κ3) is 4.93. The monoisotopic (exact) mass is 413 g/mol. The Bertz CT molecular complexity index is 741. The molecule has 1 aromatic rings. The highest BCUT2D eigenvalue weighted by Gasteiger charge is 2.50. The summed E-state index contributed by atoms with van der Waals surface area (Å²) in [5.41, 5.74) is -0.908. The fraction of sp³-hybridized carbons (Fsp3) is 0.526. The van der Waals surface area contributed by atoms with Gasteiger partial charge in [-0.05, 0) is 32.4 Å². The van der Waals surface area contributed by atoms with Crippen LogP contribution in [-0.4, -0.2) is 35.3 Å². The number of carbonyl (C=O) groups excluding carboxylic acids is 3. The number of hydrogen-bond donors (Lipinski definition) is 2. The molecule has 1 aromatic carbocycles. The number of nitrogens with one attached hydrogen (secondary N) is 2. The number of urea groups is 1. The SMILES string of the molecule is CCCCCC(C)NC(=O)CN1C(=O)NC(C)(c2ccc(Cl)cc2Cl)C1=O. The van der Waals surface area contributed by atoms with Crippen molar-refractivity contribution in [3.8, 4) is 0 Å². The number of imide groups is 1. The van der Waals surface area contributed by atoms with Crippen LogP contribution < -0.4 is 10.6 Å². The number of benzene rings is 1. The van der Waals surface area contributed by atoms with Crippen LogP contribution in [0.4, 0.5) is 4.79 Å². The van der Waals surface area contributed by atoms with Crippen molar-refractivity contribution < 1.29 is 14.4 Å². The zero-order valence-electron chi connectivity index (χ0n) is 15.8. The summed E-state index contributed by atoms with van der Waals surface area (Å²) in [4.78, 5) is 38.4. The van der Waals surface area contributed by atoms with Gasteiger partial charge in [0.15, 0.2) is 0 Å². The van der Waals surface area contributed by atoms with Crippen LogP contribution in [-0.2, 0) is 15.1 Å². The van der Waals surface area contributed by atoms with Gasteiger partial charge in [-0.25, -0.2) is 4.79 Å². The number of unbranched alkanes of at least 4 members (excludes halogenated alkanes) is 2. The zero-order valence-corrected chi connectivity index (χ0v) is 17.3. The van der Waals surface area contributed by atoms with Crippen LogP contribution >= 0.6 is 23.2 Å². The molecule has 1 saturated heterocycles. The number of nitrogens with zero attached hydrogens (tertiary/aromatic N) is 1. The lowest BCUT2D eigenvalue weighted by atomic mass is 9.92. The molecule has 0 spiro atoms. The second-order valence-corrected chi connectivity index (χ2v) is 7.88. The predicted octanol–water partition coefficient (Wildman–Crippen LogP) is 3.85. The summed E-state index contributed by atoms with van der Waals surface area (Å²) in [6.07, 6.45) is 4.09. The van der Waals surface area contributed by atoms with E-state index in [0.717, 1.165) is 30.6 Å². The fourth-order valence-corrected chi connectivity index (χ4v) is 3.75. The first-order chi connectivity index (χ1) is 12.7. The smallest absolute Gasteiger partial charge is 0.325 e. The summed E-state index contributed by atoms with van der Waals surface area (Å²) in [7, 11) is 0. The molecule has 0 aliphatic carbocycles. The molecule has 0 aromatic heterocycles. The molecule has 6 nitrogen and oxygen atoms in total. The van der Waals surface area contributed by atoms with Crippen molar-refractivity contribution in [2.45, 2.75) is 58.0 Å². The minimum Gasteiger partial charge on any atom is -0.352 e. The van der Waals surface area contributed by atoms with Gasteiger partial charge in [-0.15, -0.1) is 0 Å². The van der Waals surface area contributed by atoms with Gasteiger partial charge < -0.3 is 10.6 Å². The molecular formula is C19H25Cl2N3O3. The molecule has 1 aliphatic rings. The topological polar surface area (TPSA) is 78.5 Å². The van der Waals surface area contributed by atoms with E-state index in [-0.39, 0.29) is 23.5 Å². The van der Waals surface area contributed by atoms with Crippen molar-refractivity contribution in [1.29, 1.82) is 0 Å². The van der Waals surface area contributed by atoms with E-state index in [0.29, 0.717) is 10.6 Å². The standard InChI is InChI=1S/C19H25Cl2N3O3/c1-4-5-6-7-12(2)22-16(25)11-24-17(26)19(3,23-18(24)27)14-9-8-13(20)10-15(14)21/h8-10,12H,4-7,11H2,1-3H3,(H,22,25)(H,23,27). The molecule has 2 rings (SSSR count). The number of hydrogen-bond acceptors (Lipinski definition) is 3. The second-order valence-electron chi connectivity index (χ2n) is 7.03. The Labute approximate surface area is 169 Å². The Morgan fingerprint density at radius 2 is 2.00 bits per heavy atom. The van der Waals surface area contributed by atoms with Gasteiger partial charge in [-0.1, -0.05) is 55.5 Å². The number of carbonyl (C=O) groups is 3. The molecule has 0 saturated carbocycles. The van der Waals surface area contributed by atoms with Gasteiger partial charge >= 0.3 is 6.03 Å². The minimum absolute atomic E-state index is 0.0121. The van der Waals surface area contributed by atoms with E-state index >= 15 is 0 Å². The van der Waals surface area contributed by atoms with E-state index < -0.39 is 17.5 Å². The minimum atomic E-state index is -1.34. The number of amides is 4. The van der Waals surface area contributed by atoms with E-state index in [9.17, 15) is 14.4 Å². The highest BCUT2D eigenvalue weighted by atomic mass is 35.5. The average Bonchev–Trinajstić information content (AvgIpc) is 2.79. The maximum absolute atomic E-state index is 12.9. The van der Waals surface area contributed by atoms with Crippen molar-refractivity contribution in [2.24, 2.45) is 0 Å². The summed E-state index contributed by atoms with van der Waals surface area (Å²) >= 11 is 12.1. The quantitative estimate of drug-likeness (QED) is 0.501. The molecule has 148 valence electrons. The molecule has 27 heavy (non-hydrogen) atoms. The summed E-state index contributed by atoms with van der Waals surface area (Å²) in [6.45, 7) is 5.26. The summed E-state index contributed by atoms with van der Waals surface area (Å²) < 4.78 is 0. The molecule has 4 amide bonds. The Balaban J connectivity index is 2.06. The van der Waals surface area contributed by atoms with Crippen LogP contribution in [0, 0.1) is 0 Å². The van der Waals surface area contributed by atoms with Crippen molar-refractivity contribution in [3.05, 3.63) is 33.8 Å². The van der Waals surface area contributed by atoms with E-state index in [1.807, 2.05) is 6.92 Å². The molecule has 0 radical (unpaired) electrons. The van der Waals surface area contributed by atoms with Gasteiger partial charge in [0, 0.05) is 21.7 Å². The van der Waals surface area contributed by atoms with Crippen LogP contribution in [0.3, 0.4) is 0 Å². The first kappa shape index (κ1) is 21.5. The summed E-state index contributed by atoms with van der Waals surface area (Å²) in [5.74, 6) is -0.889. The molecule has 1 heterocycles. The average molecular weight is 414 g/mol. The van der Waals surface area contributed by atoms with Crippen LogP contribution in [0.25, 0.3) is 0 Å². The van der Waals surface area contributed by atoms with Crippen molar-refractivity contribution >= 4 is 41.0 Å². The number of halogens is 2. The Hall–Kier alpha value is -1.79. The van der Waals surface area contributed by atoms with Gasteiger partial charge in [0.2, 0.25) is 5.91 Å². The third-order valence-corrected chi connectivity index (χ3v) is 5.24. The highest BCUT2D eigenvalue weighted by molar-refractivity contribution is 6.35. The first-order valence-corrected chi connectivity index (χ1v) is 9.83. The van der Waals surface area contributed by atoms with Crippen molar-refractivity contribution in [3.63, 3.8) is 0 Å². The lowest BCUT2D eigenvalue weighted by Gasteiger charge is -2.23. The molecule has 2 unspecified atom stereocenters. The van der Waals surface area contributed by atoms with Crippen molar-refractivity contribution in [2.75, 3.05) is 6.54 Å². The summed E-state index contributed by atoms with van der Waals surface area (Å²) in [5, 5.41) is 6.17. The Morgan fingerprint density at radius 1 is 1.30 bits per heavy atom. The maximum Gasteiger partial charge on any atom is 0.325 e. The van der Waals surface area contributed by atoms with Gasteiger partial charge in [0.25, 0.3) is 5.91 Å². The molecule has 2 N–H and O–H groups in total. The highest BCUT2D eigenvalue weighted by Crippen LogP contribution is 2.34.